The van der Waals surface area contributed by atoms with E-state index in [0.717, 1.165) is 41.0 Å². The van der Waals surface area contributed by atoms with Crippen molar-refractivity contribution < 1.29 is 0 Å². The molecule has 0 unspecified atom stereocenters. The van der Waals surface area contributed by atoms with Crippen molar-refractivity contribution in [2.75, 3.05) is 0 Å². The summed E-state index contributed by atoms with van der Waals surface area (Å²) in [5.41, 5.74) is 1.42. The summed E-state index contributed by atoms with van der Waals surface area (Å²) in [5, 5.41) is 1.47. The molecule has 6 nitrogen and oxygen atoms in total. The Hall–Kier alpha value is -1.99. The third kappa shape index (κ3) is 4.20. The first kappa shape index (κ1) is 20.7. The molecule has 2 aromatic heterocycles. The number of imidazole rings is 1. The minimum atomic E-state index is -0.359. The van der Waals surface area contributed by atoms with Gasteiger partial charge >= 0.3 is 5.69 Å². The minimum Gasteiger partial charge on any atom is -0.313 e. The standard InChI is InChI=1S/C20H25ClN4O2S/c1-4-5-6-7-12-25-16-17(23(2)20(27)24(3)18(16)26)22-19(25)28-13-14-8-10-15(21)11-9-14/h8-11H,4-7,12-13H2,1-3H3. The fraction of sp³-hybridized carbons (Fsp3) is 0.450. The molecule has 3 rings (SSSR count). The Bertz CT molecular complexity index is 1080. The van der Waals surface area contributed by atoms with Gasteiger partial charge in [0.25, 0.3) is 5.56 Å². The van der Waals surface area contributed by atoms with E-state index in [2.05, 4.69) is 11.9 Å². The molecule has 0 amide bonds. The van der Waals surface area contributed by atoms with Crippen molar-refractivity contribution in [3.05, 3.63) is 55.7 Å². The number of hydrogen-bond acceptors (Lipinski definition) is 4. The molecule has 150 valence electrons. The first-order chi connectivity index (χ1) is 13.4. The first-order valence-electron chi connectivity index (χ1n) is 9.47. The highest BCUT2D eigenvalue weighted by molar-refractivity contribution is 7.98. The van der Waals surface area contributed by atoms with E-state index < -0.39 is 0 Å². The highest BCUT2D eigenvalue weighted by Gasteiger charge is 2.19. The molecule has 0 atom stereocenters. The van der Waals surface area contributed by atoms with Gasteiger partial charge in [0.1, 0.15) is 0 Å². The van der Waals surface area contributed by atoms with Crippen LogP contribution in [0.3, 0.4) is 0 Å². The lowest BCUT2D eigenvalue weighted by molar-refractivity contribution is 0.561. The minimum absolute atomic E-state index is 0.292. The Morgan fingerprint density at radius 1 is 1.04 bits per heavy atom. The fourth-order valence-corrected chi connectivity index (χ4v) is 4.27. The lowest BCUT2D eigenvalue weighted by atomic mass is 10.2. The maximum absolute atomic E-state index is 12.8. The van der Waals surface area contributed by atoms with Crippen LogP contribution in [0.15, 0.2) is 39.0 Å². The number of aromatic nitrogens is 4. The van der Waals surface area contributed by atoms with Gasteiger partial charge in [-0.15, -0.1) is 0 Å². The Labute approximate surface area is 173 Å². The number of halogens is 1. The molecule has 0 bridgehead atoms. The van der Waals surface area contributed by atoms with Crippen LogP contribution in [0.25, 0.3) is 11.2 Å². The SMILES string of the molecule is CCCCCCn1c(SCc2ccc(Cl)cc2)nc2c1c(=O)n(C)c(=O)n2C. The van der Waals surface area contributed by atoms with E-state index in [1.807, 2.05) is 28.8 Å². The van der Waals surface area contributed by atoms with Crippen LogP contribution in [0.2, 0.25) is 5.02 Å². The predicted octanol–water partition coefficient (Wildman–Crippen LogP) is 3.96. The van der Waals surface area contributed by atoms with Gasteiger partial charge in [-0.25, -0.2) is 9.78 Å². The van der Waals surface area contributed by atoms with Crippen LogP contribution in [-0.4, -0.2) is 18.7 Å². The molecule has 1 aromatic carbocycles. The highest BCUT2D eigenvalue weighted by atomic mass is 35.5. The molecule has 8 heteroatoms. The Kier molecular flexibility index (Phi) is 6.67. The summed E-state index contributed by atoms with van der Waals surface area (Å²) in [6.07, 6.45) is 4.39. The monoisotopic (exact) mass is 420 g/mol. The van der Waals surface area contributed by atoms with Gasteiger partial charge in [-0.1, -0.05) is 61.7 Å². The average molecular weight is 421 g/mol. The van der Waals surface area contributed by atoms with E-state index in [1.165, 1.54) is 11.6 Å². The van der Waals surface area contributed by atoms with Gasteiger partial charge in [0.15, 0.2) is 16.3 Å². The summed E-state index contributed by atoms with van der Waals surface area (Å²) in [6, 6.07) is 7.70. The van der Waals surface area contributed by atoms with Crippen molar-refractivity contribution in [3.63, 3.8) is 0 Å². The van der Waals surface area contributed by atoms with Crippen molar-refractivity contribution in [1.29, 1.82) is 0 Å². The van der Waals surface area contributed by atoms with Crippen molar-refractivity contribution in [2.24, 2.45) is 14.1 Å². The van der Waals surface area contributed by atoms with Crippen molar-refractivity contribution in [1.82, 2.24) is 18.7 Å². The molecule has 0 fully saturated rings. The molecule has 3 aromatic rings. The number of aryl methyl sites for hydroxylation is 2. The summed E-state index contributed by atoms with van der Waals surface area (Å²) in [5.74, 6) is 0.712. The van der Waals surface area contributed by atoms with Gasteiger partial charge < -0.3 is 4.57 Å². The number of rotatable bonds is 8. The van der Waals surface area contributed by atoms with Gasteiger partial charge in [0, 0.05) is 31.4 Å². The zero-order chi connectivity index (χ0) is 20.3. The van der Waals surface area contributed by atoms with Crippen molar-refractivity contribution in [2.45, 2.75) is 50.1 Å². The zero-order valence-corrected chi connectivity index (χ0v) is 18.0. The van der Waals surface area contributed by atoms with Crippen LogP contribution >= 0.6 is 23.4 Å². The molecule has 0 aliphatic carbocycles. The zero-order valence-electron chi connectivity index (χ0n) is 16.4. The molecule has 0 aliphatic heterocycles. The second-order valence-electron chi connectivity index (χ2n) is 6.90. The van der Waals surface area contributed by atoms with E-state index in [0.29, 0.717) is 28.5 Å². The largest absolute Gasteiger partial charge is 0.332 e. The van der Waals surface area contributed by atoms with Gasteiger partial charge in [-0.05, 0) is 24.1 Å². The molecule has 28 heavy (non-hydrogen) atoms. The summed E-state index contributed by atoms with van der Waals surface area (Å²) in [4.78, 5) is 29.7. The average Bonchev–Trinajstić information content (AvgIpc) is 3.06. The molecule has 0 saturated carbocycles. The number of fused-ring (bicyclic) bond motifs is 1. The van der Waals surface area contributed by atoms with Crippen LogP contribution in [0, 0.1) is 0 Å². The summed E-state index contributed by atoms with van der Waals surface area (Å²) >= 11 is 7.53. The van der Waals surface area contributed by atoms with Gasteiger partial charge in [-0.2, -0.15) is 0 Å². The Morgan fingerprint density at radius 3 is 2.43 bits per heavy atom. The lowest BCUT2D eigenvalue weighted by Crippen LogP contribution is -2.37. The van der Waals surface area contributed by atoms with E-state index >= 15 is 0 Å². The molecule has 0 N–H and O–H groups in total. The van der Waals surface area contributed by atoms with Crippen molar-refractivity contribution >= 4 is 34.5 Å². The van der Waals surface area contributed by atoms with E-state index in [9.17, 15) is 9.59 Å². The van der Waals surface area contributed by atoms with Crippen LogP contribution < -0.4 is 11.2 Å². The molecular weight excluding hydrogens is 396 g/mol. The Balaban J connectivity index is 2.00. The van der Waals surface area contributed by atoms with Crippen molar-refractivity contribution in [3.8, 4) is 0 Å². The molecule has 0 spiro atoms. The molecule has 0 saturated heterocycles. The van der Waals surface area contributed by atoms with Gasteiger partial charge in [-0.3, -0.25) is 13.9 Å². The third-order valence-corrected chi connectivity index (χ3v) is 6.13. The maximum atomic E-state index is 12.8. The highest BCUT2D eigenvalue weighted by Crippen LogP contribution is 2.26. The smallest absolute Gasteiger partial charge is 0.313 e. The Morgan fingerprint density at radius 2 is 1.75 bits per heavy atom. The lowest BCUT2D eigenvalue weighted by Gasteiger charge is -2.09. The van der Waals surface area contributed by atoms with Crippen LogP contribution in [0.1, 0.15) is 38.2 Å². The number of thioether (sulfide) groups is 1. The van der Waals surface area contributed by atoms with Gasteiger partial charge in [0.2, 0.25) is 0 Å². The number of hydrogen-bond donors (Lipinski definition) is 0. The summed E-state index contributed by atoms with van der Waals surface area (Å²) in [6.45, 7) is 2.89. The summed E-state index contributed by atoms with van der Waals surface area (Å²) < 4.78 is 4.58. The second-order valence-corrected chi connectivity index (χ2v) is 8.28. The topological polar surface area (TPSA) is 61.8 Å². The number of nitrogens with zero attached hydrogens (tertiary/aromatic N) is 4. The molecule has 0 radical (unpaired) electrons. The van der Waals surface area contributed by atoms with E-state index in [-0.39, 0.29) is 11.2 Å². The number of benzene rings is 1. The van der Waals surface area contributed by atoms with E-state index in [4.69, 9.17) is 11.6 Å². The number of unbranched alkanes of at least 4 members (excludes halogenated alkanes) is 3. The molecule has 2 heterocycles. The first-order valence-corrected chi connectivity index (χ1v) is 10.8. The summed E-state index contributed by atoms with van der Waals surface area (Å²) in [7, 11) is 3.17. The van der Waals surface area contributed by atoms with Crippen LogP contribution in [-0.2, 0) is 26.4 Å². The second kappa shape index (κ2) is 9.01. The quantitative estimate of drug-likeness (QED) is 0.408. The molecular formula is C20H25ClN4O2S. The third-order valence-electron chi connectivity index (χ3n) is 4.83. The predicted molar refractivity (Wildman–Crippen MR) is 115 cm³/mol. The van der Waals surface area contributed by atoms with Crippen LogP contribution in [0.5, 0.6) is 0 Å². The fourth-order valence-electron chi connectivity index (χ4n) is 3.17. The normalized spacial score (nSPS) is 11.4. The van der Waals surface area contributed by atoms with Crippen LogP contribution in [0.4, 0.5) is 0 Å². The van der Waals surface area contributed by atoms with E-state index in [1.54, 1.807) is 18.8 Å². The maximum Gasteiger partial charge on any atom is 0.332 e. The van der Waals surface area contributed by atoms with Gasteiger partial charge in [0.05, 0.1) is 0 Å². The molecule has 0 aliphatic rings.